The summed E-state index contributed by atoms with van der Waals surface area (Å²) in [4.78, 5) is 12.6. The smallest absolute Gasteiger partial charge is 0.261 e. The second-order valence-corrected chi connectivity index (χ2v) is 9.69. The van der Waals surface area contributed by atoms with Gasteiger partial charge in [0.2, 0.25) is 0 Å². The van der Waals surface area contributed by atoms with Gasteiger partial charge in [0.25, 0.3) is 15.9 Å². The van der Waals surface area contributed by atoms with Crippen molar-refractivity contribution in [2.45, 2.75) is 25.2 Å². The number of nitrogens with zero attached hydrogens (tertiary/aromatic N) is 2. The van der Waals surface area contributed by atoms with E-state index in [1.165, 1.54) is 24.3 Å². The maximum absolute atomic E-state index is 12.5. The first-order valence-electron chi connectivity index (χ1n) is 10.9. The Morgan fingerprint density at radius 1 is 0.912 bits per heavy atom. The highest BCUT2D eigenvalue weighted by Crippen LogP contribution is 2.17. The highest BCUT2D eigenvalue weighted by molar-refractivity contribution is 7.92. The number of para-hydroxylation sites is 1. The lowest BCUT2D eigenvalue weighted by Crippen LogP contribution is -2.25. The zero-order valence-corrected chi connectivity index (χ0v) is 19.8. The van der Waals surface area contributed by atoms with E-state index >= 15 is 0 Å². The number of carbonyl (C=O) groups excluding carboxylic acids is 1. The molecule has 4 rings (SSSR count). The van der Waals surface area contributed by atoms with Gasteiger partial charge in [-0.2, -0.15) is 5.10 Å². The average Bonchev–Trinajstić information content (AvgIpc) is 3.17. The molecule has 0 aliphatic rings. The van der Waals surface area contributed by atoms with Gasteiger partial charge in [-0.3, -0.25) is 9.52 Å². The first kappa shape index (κ1) is 23.3. The van der Waals surface area contributed by atoms with Gasteiger partial charge in [-0.15, -0.1) is 0 Å². The van der Waals surface area contributed by atoms with E-state index in [2.05, 4.69) is 15.1 Å². The van der Waals surface area contributed by atoms with Crippen molar-refractivity contribution in [2.75, 3.05) is 11.3 Å². The predicted octanol–water partition coefficient (Wildman–Crippen LogP) is 4.26. The standard InChI is InChI=1S/C26H26N4O3S/c1-19-18-20(2)30(28-19)24-12-8-21(9-13-24)16-17-27-26(31)22-10-14-25(15-11-22)34(32,33)29-23-6-4-3-5-7-23/h3-15,18,29H,16-17H2,1-2H3,(H,27,31). The van der Waals surface area contributed by atoms with Crippen LogP contribution in [0.2, 0.25) is 0 Å². The summed E-state index contributed by atoms with van der Waals surface area (Å²) in [6.45, 7) is 4.45. The van der Waals surface area contributed by atoms with Crippen molar-refractivity contribution in [3.05, 3.63) is 107 Å². The van der Waals surface area contributed by atoms with Crippen LogP contribution in [0.3, 0.4) is 0 Å². The Bertz CT molecular complexity index is 1380. The molecule has 34 heavy (non-hydrogen) atoms. The van der Waals surface area contributed by atoms with Crippen LogP contribution in [0.4, 0.5) is 5.69 Å². The van der Waals surface area contributed by atoms with Crippen LogP contribution in [-0.2, 0) is 16.4 Å². The number of aromatic nitrogens is 2. The van der Waals surface area contributed by atoms with E-state index in [0.29, 0.717) is 24.2 Å². The summed E-state index contributed by atoms with van der Waals surface area (Å²) in [5, 5.41) is 7.37. The number of hydrogen-bond acceptors (Lipinski definition) is 4. The molecule has 8 heteroatoms. The van der Waals surface area contributed by atoms with Crippen molar-refractivity contribution in [1.82, 2.24) is 15.1 Å². The molecular formula is C26H26N4O3S. The molecule has 0 spiro atoms. The minimum Gasteiger partial charge on any atom is -0.352 e. The SMILES string of the molecule is Cc1cc(C)n(-c2ccc(CCNC(=O)c3ccc(S(=O)(=O)Nc4ccccc4)cc3)cc2)n1. The number of rotatable bonds is 8. The van der Waals surface area contributed by atoms with Gasteiger partial charge >= 0.3 is 0 Å². The predicted molar refractivity (Wildman–Crippen MR) is 133 cm³/mol. The topological polar surface area (TPSA) is 93.1 Å². The lowest BCUT2D eigenvalue weighted by atomic mass is 10.1. The number of aryl methyl sites for hydroxylation is 2. The van der Waals surface area contributed by atoms with Gasteiger partial charge in [-0.1, -0.05) is 30.3 Å². The van der Waals surface area contributed by atoms with E-state index in [1.807, 2.05) is 54.9 Å². The van der Waals surface area contributed by atoms with Crippen molar-refractivity contribution < 1.29 is 13.2 Å². The molecule has 2 N–H and O–H groups in total. The summed E-state index contributed by atoms with van der Waals surface area (Å²) in [5.74, 6) is -0.251. The Hall–Kier alpha value is -3.91. The third-order valence-electron chi connectivity index (χ3n) is 5.34. The third kappa shape index (κ3) is 5.52. The molecule has 0 aliphatic heterocycles. The number of nitrogens with one attached hydrogen (secondary N) is 2. The van der Waals surface area contributed by atoms with E-state index < -0.39 is 10.0 Å². The number of benzene rings is 3. The quantitative estimate of drug-likeness (QED) is 0.399. The van der Waals surface area contributed by atoms with Crippen LogP contribution in [0.25, 0.3) is 5.69 Å². The summed E-state index contributed by atoms with van der Waals surface area (Å²) in [7, 11) is -3.72. The molecule has 1 aromatic heterocycles. The first-order chi connectivity index (χ1) is 16.3. The van der Waals surface area contributed by atoms with Crippen LogP contribution in [-0.4, -0.2) is 30.7 Å². The van der Waals surface area contributed by atoms with Crippen molar-refractivity contribution in [3.8, 4) is 5.69 Å². The second kappa shape index (κ2) is 9.93. The molecule has 174 valence electrons. The average molecular weight is 475 g/mol. The maximum atomic E-state index is 12.5. The monoisotopic (exact) mass is 474 g/mol. The van der Waals surface area contributed by atoms with Crippen LogP contribution < -0.4 is 10.0 Å². The molecule has 4 aromatic rings. The Morgan fingerprint density at radius 2 is 1.59 bits per heavy atom. The molecule has 0 radical (unpaired) electrons. The fourth-order valence-corrected chi connectivity index (χ4v) is 4.68. The highest BCUT2D eigenvalue weighted by atomic mass is 32.2. The van der Waals surface area contributed by atoms with Crippen LogP contribution in [0.5, 0.6) is 0 Å². The van der Waals surface area contributed by atoms with Crippen LogP contribution >= 0.6 is 0 Å². The van der Waals surface area contributed by atoms with Gasteiger partial charge in [-0.25, -0.2) is 13.1 Å². The molecule has 0 bridgehead atoms. The normalized spacial score (nSPS) is 11.2. The minimum atomic E-state index is -3.72. The fraction of sp³-hybridized carbons (Fsp3) is 0.154. The molecule has 0 fully saturated rings. The van der Waals surface area contributed by atoms with E-state index in [4.69, 9.17) is 0 Å². The first-order valence-corrected chi connectivity index (χ1v) is 12.4. The Kier molecular flexibility index (Phi) is 6.79. The Labute approximate surface area is 199 Å². The van der Waals surface area contributed by atoms with Gasteiger partial charge in [0, 0.05) is 23.5 Å². The van der Waals surface area contributed by atoms with Crippen LogP contribution in [0.15, 0.2) is 89.8 Å². The van der Waals surface area contributed by atoms with Gasteiger partial charge in [0.15, 0.2) is 0 Å². The molecule has 0 saturated heterocycles. The van der Waals surface area contributed by atoms with E-state index in [9.17, 15) is 13.2 Å². The Morgan fingerprint density at radius 3 is 2.21 bits per heavy atom. The van der Waals surface area contributed by atoms with E-state index in [0.717, 1.165) is 22.6 Å². The van der Waals surface area contributed by atoms with Crippen molar-refractivity contribution in [3.63, 3.8) is 0 Å². The molecule has 1 heterocycles. The lowest BCUT2D eigenvalue weighted by molar-refractivity contribution is 0.0954. The summed E-state index contributed by atoms with van der Waals surface area (Å²) >= 11 is 0. The number of sulfonamides is 1. The van der Waals surface area contributed by atoms with Crippen molar-refractivity contribution in [1.29, 1.82) is 0 Å². The Balaban J connectivity index is 1.31. The molecule has 0 atom stereocenters. The third-order valence-corrected chi connectivity index (χ3v) is 6.74. The second-order valence-electron chi connectivity index (χ2n) is 8.01. The number of hydrogen-bond donors (Lipinski definition) is 2. The molecule has 3 aromatic carbocycles. The van der Waals surface area contributed by atoms with E-state index in [-0.39, 0.29) is 10.8 Å². The molecule has 0 saturated carbocycles. The molecule has 7 nitrogen and oxygen atoms in total. The zero-order valence-electron chi connectivity index (χ0n) is 19.0. The van der Waals surface area contributed by atoms with Gasteiger partial charge in [0.1, 0.15) is 0 Å². The van der Waals surface area contributed by atoms with E-state index in [1.54, 1.807) is 24.3 Å². The number of anilines is 1. The van der Waals surface area contributed by atoms with Gasteiger partial charge in [0.05, 0.1) is 16.3 Å². The van der Waals surface area contributed by atoms with Crippen molar-refractivity contribution >= 4 is 21.6 Å². The molecule has 0 aliphatic carbocycles. The number of amides is 1. The summed E-state index contributed by atoms with van der Waals surface area (Å²) in [6, 6.07) is 24.6. The van der Waals surface area contributed by atoms with Gasteiger partial charge < -0.3 is 5.32 Å². The molecule has 0 unspecified atom stereocenters. The molecule has 1 amide bonds. The highest BCUT2D eigenvalue weighted by Gasteiger charge is 2.15. The zero-order chi connectivity index (χ0) is 24.1. The van der Waals surface area contributed by atoms with Crippen LogP contribution in [0.1, 0.15) is 27.3 Å². The fourth-order valence-electron chi connectivity index (χ4n) is 3.62. The maximum Gasteiger partial charge on any atom is 0.261 e. The minimum absolute atomic E-state index is 0.0932. The summed E-state index contributed by atoms with van der Waals surface area (Å²) in [5.41, 5.74) is 5.02. The van der Waals surface area contributed by atoms with Crippen molar-refractivity contribution in [2.24, 2.45) is 0 Å². The lowest BCUT2D eigenvalue weighted by Gasteiger charge is -2.09. The van der Waals surface area contributed by atoms with Gasteiger partial charge in [-0.05, 0) is 80.4 Å². The molecular weight excluding hydrogens is 448 g/mol. The van der Waals surface area contributed by atoms with Crippen LogP contribution in [0, 0.1) is 13.8 Å². The largest absolute Gasteiger partial charge is 0.352 e. The summed E-state index contributed by atoms with van der Waals surface area (Å²) < 4.78 is 29.5. The summed E-state index contributed by atoms with van der Waals surface area (Å²) in [6.07, 6.45) is 0.677. The number of carbonyl (C=O) groups is 1.